The largest absolute Gasteiger partial charge is 0.394 e. The Morgan fingerprint density at radius 2 is 2.00 bits per heavy atom. The molecule has 1 fully saturated rings. The molecule has 0 aliphatic carbocycles. The van der Waals surface area contributed by atoms with E-state index in [1.807, 2.05) is 0 Å². The number of anilines is 1. The van der Waals surface area contributed by atoms with Crippen LogP contribution < -0.4 is 4.90 Å². The first-order valence-corrected chi connectivity index (χ1v) is 10.3. The third kappa shape index (κ3) is 3.73. The van der Waals surface area contributed by atoms with Gasteiger partial charge in [0.2, 0.25) is 0 Å². The molecule has 1 aliphatic heterocycles. The number of hydrogen-bond donors (Lipinski definition) is 1. The summed E-state index contributed by atoms with van der Waals surface area (Å²) in [7, 11) is 0. The molecule has 0 radical (unpaired) electrons. The molecule has 1 saturated heterocycles. The predicted molar refractivity (Wildman–Crippen MR) is 112 cm³/mol. The second-order valence-corrected chi connectivity index (χ2v) is 7.59. The van der Waals surface area contributed by atoms with Crippen LogP contribution in [-0.2, 0) is 6.54 Å². The lowest BCUT2D eigenvalue weighted by Gasteiger charge is -2.24. The predicted octanol–water partition coefficient (Wildman–Crippen LogP) is 3.28. The molecule has 0 saturated carbocycles. The quantitative estimate of drug-likeness (QED) is 0.494. The van der Waals surface area contributed by atoms with E-state index in [-0.39, 0.29) is 36.7 Å². The fourth-order valence-corrected chi connectivity index (χ4v) is 3.97. The Balaban J connectivity index is 1.56. The van der Waals surface area contributed by atoms with Crippen molar-refractivity contribution in [1.82, 2.24) is 24.9 Å². The molecule has 0 unspecified atom stereocenters. The zero-order valence-corrected chi connectivity index (χ0v) is 17.0. The highest BCUT2D eigenvalue weighted by Gasteiger charge is 2.28. The number of hydrogen-bond acceptors (Lipinski definition) is 7. The van der Waals surface area contributed by atoms with E-state index in [0.29, 0.717) is 29.2 Å². The minimum Gasteiger partial charge on any atom is -0.394 e. The number of nitrogens with zero attached hydrogens (tertiary/aromatic N) is 6. The van der Waals surface area contributed by atoms with E-state index in [0.717, 1.165) is 19.0 Å². The molecule has 32 heavy (non-hydrogen) atoms. The summed E-state index contributed by atoms with van der Waals surface area (Å²) in [5, 5.41) is 18.1. The Labute approximate surface area is 182 Å². The standard InChI is InChI=1S/C22H20F2N6O2/c23-16-6-2-1-4-14(16)12-30-20(18-7-9-32-28-18)10-19(27-30)21-25-11-17(24)22(26-21)29-8-3-5-15(29)13-31/h1-2,4,6-7,9-11,15,31H,3,5,8,12-13H2/t15-/m1/s1. The molecule has 0 bridgehead atoms. The maximum Gasteiger partial charge on any atom is 0.183 e. The first kappa shape index (κ1) is 20.3. The molecule has 1 atom stereocenters. The van der Waals surface area contributed by atoms with E-state index in [4.69, 9.17) is 4.52 Å². The van der Waals surface area contributed by atoms with Crippen molar-refractivity contribution in [1.29, 1.82) is 0 Å². The Morgan fingerprint density at radius 1 is 1.12 bits per heavy atom. The SMILES string of the molecule is OC[C@H]1CCCN1c1nc(-c2cc(-c3ccon3)n(Cc3ccccc3F)n2)ncc1F. The Hall–Kier alpha value is -3.66. The first-order chi connectivity index (χ1) is 15.6. The molecular formula is C22H20F2N6O2. The van der Waals surface area contributed by atoms with Gasteiger partial charge in [0.15, 0.2) is 17.5 Å². The smallest absolute Gasteiger partial charge is 0.183 e. The minimum atomic E-state index is -0.559. The van der Waals surface area contributed by atoms with Crippen LogP contribution in [0.3, 0.4) is 0 Å². The lowest BCUT2D eigenvalue weighted by molar-refractivity contribution is 0.265. The van der Waals surface area contributed by atoms with Gasteiger partial charge in [0.1, 0.15) is 23.5 Å². The molecule has 1 aliphatic rings. The molecule has 0 amide bonds. The molecule has 5 rings (SSSR count). The minimum absolute atomic E-state index is 0.0770. The summed E-state index contributed by atoms with van der Waals surface area (Å²) in [6, 6.07) is 9.64. The third-order valence-electron chi connectivity index (χ3n) is 5.57. The number of aliphatic hydroxyl groups is 1. The molecule has 164 valence electrons. The van der Waals surface area contributed by atoms with Crippen LogP contribution in [0.1, 0.15) is 18.4 Å². The van der Waals surface area contributed by atoms with Gasteiger partial charge in [-0.2, -0.15) is 5.10 Å². The van der Waals surface area contributed by atoms with Gasteiger partial charge in [-0.15, -0.1) is 0 Å². The van der Waals surface area contributed by atoms with Crippen molar-refractivity contribution in [3.05, 3.63) is 66.1 Å². The number of aromatic nitrogens is 5. The highest BCUT2D eigenvalue weighted by molar-refractivity contribution is 5.63. The average molecular weight is 438 g/mol. The maximum atomic E-state index is 14.5. The van der Waals surface area contributed by atoms with Gasteiger partial charge in [-0.3, -0.25) is 4.68 Å². The summed E-state index contributed by atoms with van der Waals surface area (Å²) >= 11 is 0. The molecule has 8 nitrogen and oxygen atoms in total. The summed E-state index contributed by atoms with van der Waals surface area (Å²) in [4.78, 5) is 10.3. The van der Waals surface area contributed by atoms with Crippen molar-refractivity contribution < 1.29 is 18.4 Å². The molecule has 4 heterocycles. The van der Waals surface area contributed by atoms with E-state index < -0.39 is 5.82 Å². The van der Waals surface area contributed by atoms with E-state index in [1.54, 1.807) is 39.9 Å². The van der Waals surface area contributed by atoms with E-state index in [9.17, 15) is 13.9 Å². The zero-order chi connectivity index (χ0) is 22.1. The van der Waals surface area contributed by atoms with E-state index >= 15 is 0 Å². The second kappa shape index (κ2) is 8.46. The van der Waals surface area contributed by atoms with Crippen LogP contribution in [0.4, 0.5) is 14.6 Å². The maximum absolute atomic E-state index is 14.5. The van der Waals surface area contributed by atoms with Crippen LogP contribution in [-0.4, -0.2) is 49.2 Å². The second-order valence-electron chi connectivity index (χ2n) is 7.59. The topological polar surface area (TPSA) is 93.1 Å². The van der Waals surface area contributed by atoms with Gasteiger partial charge in [0.05, 0.1) is 31.1 Å². The van der Waals surface area contributed by atoms with E-state index in [2.05, 4.69) is 20.2 Å². The van der Waals surface area contributed by atoms with Crippen molar-refractivity contribution in [2.75, 3.05) is 18.1 Å². The highest BCUT2D eigenvalue weighted by atomic mass is 19.1. The van der Waals surface area contributed by atoms with Crippen molar-refractivity contribution in [3.8, 4) is 22.9 Å². The molecule has 10 heteroatoms. The molecule has 4 aromatic rings. The van der Waals surface area contributed by atoms with Crippen molar-refractivity contribution in [3.63, 3.8) is 0 Å². The normalized spacial score (nSPS) is 16.1. The van der Waals surface area contributed by atoms with Gasteiger partial charge >= 0.3 is 0 Å². The molecular weight excluding hydrogens is 418 g/mol. The Morgan fingerprint density at radius 3 is 2.78 bits per heavy atom. The van der Waals surface area contributed by atoms with Gasteiger partial charge in [-0.25, -0.2) is 18.7 Å². The molecule has 1 N–H and O–H groups in total. The summed E-state index contributed by atoms with van der Waals surface area (Å²) in [5.41, 5.74) is 1.94. The van der Waals surface area contributed by atoms with Gasteiger partial charge in [-0.05, 0) is 25.0 Å². The first-order valence-electron chi connectivity index (χ1n) is 10.3. The van der Waals surface area contributed by atoms with Crippen molar-refractivity contribution in [2.24, 2.45) is 0 Å². The van der Waals surface area contributed by atoms with Gasteiger partial charge in [0.25, 0.3) is 0 Å². The Kier molecular flexibility index (Phi) is 5.36. The third-order valence-corrected chi connectivity index (χ3v) is 5.57. The van der Waals surface area contributed by atoms with Gasteiger partial charge in [-0.1, -0.05) is 23.4 Å². The lowest BCUT2D eigenvalue weighted by atomic mass is 10.2. The monoisotopic (exact) mass is 438 g/mol. The number of aliphatic hydroxyl groups excluding tert-OH is 1. The van der Waals surface area contributed by atoms with Crippen LogP contribution in [0.2, 0.25) is 0 Å². The summed E-state index contributed by atoms with van der Waals surface area (Å²) < 4.78 is 35.4. The van der Waals surface area contributed by atoms with Crippen LogP contribution in [0, 0.1) is 11.6 Å². The summed E-state index contributed by atoms with van der Waals surface area (Å²) in [6.07, 6.45) is 4.15. The van der Waals surface area contributed by atoms with Crippen LogP contribution in [0.5, 0.6) is 0 Å². The summed E-state index contributed by atoms with van der Waals surface area (Å²) in [6.45, 7) is 0.679. The Bertz CT molecular complexity index is 1230. The molecule has 0 spiro atoms. The fourth-order valence-electron chi connectivity index (χ4n) is 3.97. The molecule has 3 aromatic heterocycles. The fraction of sp³-hybridized carbons (Fsp3) is 0.273. The van der Waals surface area contributed by atoms with Crippen LogP contribution in [0.15, 0.2) is 53.4 Å². The number of benzene rings is 1. The van der Waals surface area contributed by atoms with Crippen LogP contribution >= 0.6 is 0 Å². The van der Waals surface area contributed by atoms with Crippen molar-refractivity contribution in [2.45, 2.75) is 25.4 Å². The van der Waals surface area contributed by atoms with Gasteiger partial charge < -0.3 is 14.5 Å². The average Bonchev–Trinajstić information content (AvgIpc) is 3.56. The van der Waals surface area contributed by atoms with Crippen molar-refractivity contribution >= 4 is 5.82 Å². The zero-order valence-electron chi connectivity index (χ0n) is 17.0. The number of rotatable bonds is 6. The van der Waals surface area contributed by atoms with E-state index in [1.165, 1.54) is 12.3 Å². The molecule has 1 aromatic carbocycles. The highest BCUT2D eigenvalue weighted by Crippen LogP contribution is 2.29. The number of halogens is 2. The van der Waals surface area contributed by atoms with Crippen LogP contribution in [0.25, 0.3) is 22.9 Å². The summed E-state index contributed by atoms with van der Waals surface area (Å²) in [5.74, 6) is -0.545. The lowest BCUT2D eigenvalue weighted by Crippen LogP contribution is -2.33. The van der Waals surface area contributed by atoms with Gasteiger partial charge in [0, 0.05) is 18.2 Å².